The molecule has 11 heteroatoms. The van der Waals surface area contributed by atoms with Crippen LogP contribution in [0.1, 0.15) is 36.1 Å². The Morgan fingerprint density at radius 2 is 2.03 bits per heavy atom. The summed E-state index contributed by atoms with van der Waals surface area (Å²) in [6.45, 7) is 5.60. The van der Waals surface area contributed by atoms with Crippen molar-refractivity contribution in [2.24, 2.45) is 0 Å². The number of imidazole rings is 1. The van der Waals surface area contributed by atoms with Crippen molar-refractivity contribution in [1.82, 2.24) is 34.3 Å². The number of hydrogen-bond acceptors (Lipinski definition) is 8. The number of aryl methyl sites for hydroxylation is 2. The Morgan fingerprint density at radius 1 is 1.13 bits per heavy atom. The van der Waals surface area contributed by atoms with Crippen LogP contribution >= 0.6 is 0 Å². The zero-order valence-electron chi connectivity index (χ0n) is 21.2. The third-order valence-electron chi connectivity index (χ3n) is 7.57. The highest BCUT2D eigenvalue weighted by atomic mass is 19.1. The fourth-order valence-corrected chi connectivity index (χ4v) is 5.44. The minimum Gasteiger partial charge on any atom is -0.383 e. The first-order valence-electron chi connectivity index (χ1n) is 12.7. The summed E-state index contributed by atoms with van der Waals surface area (Å²) in [6, 6.07) is 5.96. The number of rotatable bonds is 3. The smallest absolute Gasteiger partial charge is 0.153 e. The molecule has 0 bridgehead atoms. The monoisotopic (exact) mass is 510 g/mol. The van der Waals surface area contributed by atoms with Gasteiger partial charge in [-0.15, -0.1) is 0 Å². The van der Waals surface area contributed by atoms with E-state index in [1.165, 1.54) is 0 Å². The SMILES string of the molecule is Cc1c(-c2cc3cc(Nc4cc5n(n4)Cc4nccn4CC5)ncc3c(N)n2)cnc2c1NCCC2(C)F. The highest BCUT2D eigenvalue weighted by Gasteiger charge is 2.35. The molecule has 0 aromatic carbocycles. The van der Waals surface area contributed by atoms with Crippen molar-refractivity contribution in [2.45, 2.75) is 45.4 Å². The molecule has 0 saturated carbocycles. The Hall–Kier alpha value is -4.54. The van der Waals surface area contributed by atoms with Crippen LogP contribution in [0.5, 0.6) is 0 Å². The number of alkyl halides is 1. The first-order valence-corrected chi connectivity index (χ1v) is 12.7. The summed E-state index contributed by atoms with van der Waals surface area (Å²) in [5, 5.41) is 13.0. The maximum Gasteiger partial charge on any atom is 0.153 e. The van der Waals surface area contributed by atoms with Gasteiger partial charge < -0.3 is 20.9 Å². The number of anilines is 4. The molecular weight excluding hydrogens is 483 g/mol. The van der Waals surface area contributed by atoms with Gasteiger partial charge in [-0.1, -0.05) is 0 Å². The van der Waals surface area contributed by atoms with Gasteiger partial charge in [0.25, 0.3) is 0 Å². The molecule has 0 saturated heterocycles. The van der Waals surface area contributed by atoms with E-state index in [0.29, 0.717) is 42.5 Å². The van der Waals surface area contributed by atoms with Gasteiger partial charge in [-0.25, -0.2) is 19.3 Å². The predicted molar refractivity (Wildman–Crippen MR) is 144 cm³/mol. The van der Waals surface area contributed by atoms with E-state index in [4.69, 9.17) is 10.8 Å². The first-order chi connectivity index (χ1) is 18.4. The molecule has 7 heterocycles. The van der Waals surface area contributed by atoms with Gasteiger partial charge in [-0.05, 0) is 36.9 Å². The van der Waals surface area contributed by atoms with Crippen molar-refractivity contribution < 1.29 is 4.39 Å². The van der Waals surface area contributed by atoms with Crippen molar-refractivity contribution in [3.63, 3.8) is 0 Å². The molecule has 0 fully saturated rings. The summed E-state index contributed by atoms with van der Waals surface area (Å²) in [7, 11) is 0. The minimum atomic E-state index is -1.46. The summed E-state index contributed by atoms with van der Waals surface area (Å²) in [4.78, 5) is 18.1. The third-order valence-corrected chi connectivity index (χ3v) is 7.57. The molecule has 0 amide bonds. The topological polar surface area (TPSA) is 124 Å². The number of hydrogen-bond donors (Lipinski definition) is 3. The van der Waals surface area contributed by atoms with Crippen molar-refractivity contribution >= 4 is 33.9 Å². The van der Waals surface area contributed by atoms with E-state index in [0.717, 1.165) is 57.9 Å². The predicted octanol–water partition coefficient (Wildman–Crippen LogP) is 4.32. The van der Waals surface area contributed by atoms with Gasteiger partial charge in [0.15, 0.2) is 11.5 Å². The average molecular weight is 511 g/mol. The standard InChI is InChI=1S/C27H27FN10/c1-15-18(12-33-25-24(15)31-5-4-27(25,2)28)20-9-16-10-21(32-13-19(16)26(29)34-20)35-22-11-17-3-7-37-8-6-30-23(37)14-38(17)36-22/h6,8-13,31H,3-5,7,14H2,1-2H3,(H2,29,34)(H,32,35,36). The molecule has 192 valence electrons. The number of nitrogens with one attached hydrogen (secondary N) is 2. The normalized spacial score (nSPS) is 18.3. The lowest BCUT2D eigenvalue weighted by atomic mass is 9.91. The van der Waals surface area contributed by atoms with E-state index in [1.807, 2.05) is 36.1 Å². The van der Waals surface area contributed by atoms with Crippen LogP contribution in [0.15, 0.2) is 43.0 Å². The largest absolute Gasteiger partial charge is 0.383 e. The Morgan fingerprint density at radius 3 is 2.92 bits per heavy atom. The van der Waals surface area contributed by atoms with Crippen molar-refractivity contribution in [2.75, 3.05) is 22.9 Å². The van der Waals surface area contributed by atoms with Crippen LogP contribution in [0.25, 0.3) is 22.0 Å². The molecule has 2 aliphatic heterocycles. The quantitative estimate of drug-likeness (QED) is 0.328. The second-order valence-electron chi connectivity index (χ2n) is 10.2. The van der Waals surface area contributed by atoms with Gasteiger partial charge >= 0.3 is 0 Å². The summed E-state index contributed by atoms with van der Waals surface area (Å²) in [6.07, 6.45) is 8.50. The summed E-state index contributed by atoms with van der Waals surface area (Å²) in [5.41, 5.74) is 9.59. The van der Waals surface area contributed by atoms with Crippen LogP contribution in [-0.4, -0.2) is 40.8 Å². The van der Waals surface area contributed by atoms with Crippen molar-refractivity contribution in [3.8, 4) is 11.3 Å². The molecule has 5 aromatic rings. The van der Waals surface area contributed by atoms with Gasteiger partial charge in [0.1, 0.15) is 23.2 Å². The molecule has 4 N–H and O–H groups in total. The van der Waals surface area contributed by atoms with Crippen LogP contribution in [-0.2, 0) is 25.2 Å². The summed E-state index contributed by atoms with van der Waals surface area (Å²) < 4.78 is 19.2. The maximum atomic E-state index is 15.1. The fourth-order valence-electron chi connectivity index (χ4n) is 5.44. The molecule has 0 spiro atoms. The van der Waals surface area contributed by atoms with Gasteiger partial charge in [0, 0.05) is 73.4 Å². The molecule has 1 unspecified atom stereocenters. The van der Waals surface area contributed by atoms with E-state index in [2.05, 4.69) is 41.2 Å². The lowest BCUT2D eigenvalue weighted by molar-refractivity contribution is 0.171. The Balaban J connectivity index is 1.22. The second kappa shape index (κ2) is 8.23. The second-order valence-corrected chi connectivity index (χ2v) is 10.2. The number of pyridine rings is 3. The van der Waals surface area contributed by atoms with Crippen molar-refractivity contribution in [1.29, 1.82) is 0 Å². The van der Waals surface area contributed by atoms with Crippen LogP contribution in [0.4, 0.5) is 27.5 Å². The molecule has 38 heavy (non-hydrogen) atoms. The van der Waals surface area contributed by atoms with E-state index in [-0.39, 0.29) is 0 Å². The highest BCUT2D eigenvalue weighted by Crippen LogP contribution is 2.41. The zero-order chi connectivity index (χ0) is 26.0. The zero-order valence-corrected chi connectivity index (χ0v) is 21.2. The molecule has 0 aliphatic carbocycles. The van der Waals surface area contributed by atoms with Crippen LogP contribution < -0.4 is 16.4 Å². The number of fused-ring (bicyclic) bond motifs is 4. The summed E-state index contributed by atoms with van der Waals surface area (Å²) >= 11 is 0. The third kappa shape index (κ3) is 3.65. The lowest BCUT2D eigenvalue weighted by Gasteiger charge is -2.30. The number of nitrogen functional groups attached to an aromatic ring is 1. The minimum absolute atomic E-state index is 0.376. The van der Waals surface area contributed by atoms with Gasteiger partial charge in [0.2, 0.25) is 0 Å². The fraction of sp³-hybridized carbons (Fsp3) is 0.296. The summed E-state index contributed by atoms with van der Waals surface area (Å²) in [5.74, 6) is 2.75. The molecule has 7 rings (SSSR count). The van der Waals surface area contributed by atoms with E-state index < -0.39 is 5.67 Å². The van der Waals surface area contributed by atoms with Crippen molar-refractivity contribution in [3.05, 3.63) is 65.8 Å². The maximum absolute atomic E-state index is 15.1. The molecule has 0 radical (unpaired) electrons. The van der Waals surface area contributed by atoms with Crippen LogP contribution in [0.2, 0.25) is 0 Å². The van der Waals surface area contributed by atoms with Gasteiger partial charge in [-0.3, -0.25) is 9.67 Å². The molecule has 1 atom stereocenters. The first kappa shape index (κ1) is 22.6. The van der Waals surface area contributed by atoms with Gasteiger partial charge in [0.05, 0.1) is 17.9 Å². The van der Waals surface area contributed by atoms with Crippen LogP contribution in [0, 0.1) is 6.92 Å². The Labute approximate surface area is 218 Å². The Kier molecular flexibility index (Phi) is 4.91. The van der Waals surface area contributed by atoms with Gasteiger partial charge in [-0.2, -0.15) is 5.10 Å². The molecule has 2 aliphatic rings. The number of nitrogens with two attached hydrogens (primary N) is 1. The number of aromatic nitrogens is 7. The molecule has 10 nitrogen and oxygen atoms in total. The number of halogens is 1. The van der Waals surface area contributed by atoms with E-state index in [1.54, 1.807) is 19.3 Å². The van der Waals surface area contributed by atoms with E-state index in [9.17, 15) is 0 Å². The number of nitrogens with zero attached hydrogens (tertiary/aromatic N) is 7. The molecular formula is C27H27FN10. The Bertz CT molecular complexity index is 1720. The molecule has 5 aromatic heterocycles. The van der Waals surface area contributed by atoms with Crippen LogP contribution in [0.3, 0.4) is 0 Å². The average Bonchev–Trinajstić information content (AvgIpc) is 3.45. The highest BCUT2D eigenvalue weighted by molar-refractivity contribution is 5.95. The van der Waals surface area contributed by atoms with E-state index >= 15 is 4.39 Å². The lowest BCUT2D eigenvalue weighted by Crippen LogP contribution is -2.29.